The van der Waals surface area contributed by atoms with Crippen molar-refractivity contribution in [2.45, 2.75) is 33.6 Å². The molecule has 2 aromatic rings. The maximum absolute atomic E-state index is 5.72. The van der Waals surface area contributed by atoms with Crippen molar-refractivity contribution in [3.8, 4) is 11.5 Å². The largest absolute Gasteiger partial charge is 0.421 e. The van der Waals surface area contributed by atoms with E-state index in [0.29, 0.717) is 11.8 Å². The number of hydrogen-bond donors (Lipinski definition) is 1. The first kappa shape index (κ1) is 13.7. The van der Waals surface area contributed by atoms with Gasteiger partial charge in [-0.25, -0.2) is 0 Å². The fourth-order valence-electron chi connectivity index (χ4n) is 2.06. The number of nitrogens with one attached hydrogen (secondary N) is 1. The maximum atomic E-state index is 5.72. The third kappa shape index (κ3) is 3.64. The predicted molar refractivity (Wildman–Crippen MR) is 76.1 cm³/mol. The molecule has 0 spiro atoms. The fourth-order valence-corrected chi connectivity index (χ4v) is 2.06. The molecule has 0 aliphatic rings. The summed E-state index contributed by atoms with van der Waals surface area (Å²) in [5.74, 6) is 1.34. The number of aryl methyl sites for hydroxylation is 3. The van der Waals surface area contributed by atoms with Crippen LogP contribution in [0.15, 0.2) is 22.6 Å². The molecule has 0 bridgehead atoms. The number of aromatic nitrogens is 2. The zero-order chi connectivity index (χ0) is 13.7. The van der Waals surface area contributed by atoms with E-state index in [1.807, 2.05) is 6.07 Å². The molecule has 4 nitrogen and oxygen atoms in total. The Labute approximate surface area is 114 Å². The van der Waals surface area contributed by atoms with Crippen LogP contribution in [0, 0.1) is 13.8 Å². The average Bonchev–Trinajstić information content (AvgIpc) is 2.83. The highest BCUT2D eigenvalue weighted by molar-refractivity contribution is 5.58. The fraction of sp³-hybridized carbons (Fsp3) is 0.467. The molecular formula is C15H21N3O. The lowest BCUT2D eigenvalue weighted by molar-refractivity contribution is 0.492. The van der Waals surface area contributed by atoms with Crippen LogP contribution in [0.3, 0.4) is 0 Å². The van der Waals surface area contributed by atoms with Crippen molar-refractivity contribution >= 4 is 0 Å². The molecule has 1 N–H and O–H groups in total. The van der Waals surface area contributed by atoms with Gasteiger partial charge in [0, 0.05) is 12.0 Å². The van der Waals surface area contributed by atoms with Gasteiger partial charge in [-0.1, -0.05) is 24.6 Å². The molecule has 0 atom stereocenters. The van der Waals surface area contributed by atoms with Crippen LogP contribution in [0.25, 0.3) is 11.5 Å². The molecule has 0 unspecified atom stereocenters. The summed E-state index contributed by atoms with van der Waals surface area (Å²) in [5.41, 5.74) is 3.44. The Bertz CT molecular complexity index is 534. The van der Waals surface area contributed by atoms with Crippen molar-refractivity contribution in [1.82, 2.24) is 15.5 Å². The molecule has 2 rings (SSSR count). The van der Waals surface area contributed by atoms with E-state index in [9.17, 15) is 0 Å². The van der Waals surface area contributed by atoms with Crippen LogP contribution in [0.5, 0.6) is 0 Å². The second kappa shape index (κ2) is 6.48. The Kier molecular flexibility index (Phi) is 4.68. The molecule has 0 radical (unpaired) electrons. The van der Waals surface area contributed by atoms with Gasteiger partial charge in [-0.15, -0.1) is 10.2 Å². The van der Waals surface area contributed by atoms with Gasteiger partial charge in [0.2, 0.25) is 11.8 Å². The molecular weight excluding hydrogens is 238 g/mol. The smallest absolute Gasteiger partial charge is 0.247 e. The minimum atomic E-state index is 0.621. The SMILES string of the molecule is CCNCCCc1nnc(-c2ccc(C)cc2C)o1. The van der Waals surface area contributed by atoms with Crippen LogP contribution in [0.1, 0.15) is 30.4 Å². The summed E-state index contributed by atoms with van der Waals surface area (Å²) in [5, 5.41) is 11.5. The lowest BCUT2D eigenvalue weighted by Gasteiger charge is -2.01. The van der Waals surface area contributed by atoms with Gasteiger partial charge in [0.25, 0.3) is 0 Å². The van der Waals surface area contributed by atoms with Crippen LogP contribution < -0.4 is 5.32 Å². The number of nitrogens with zero attached hydrogens (tertiary/aromatic N) is 2. The molecule has 4 heteroatoms. The summed E-state index contributed by atoms with van der Waals surface area (Å²) in [7, 11) is 0. The van der Waals surface area contributed by atoms with E-state index in [1.165, 1.54) is 11.1 Å². The highest BCUT2D eigenvalue weighted by Crippen LogP contribution is 2.23. The molecule has 1 heterocycles. The Hall–Kier alpha value is -1.68. The van der Waals surface area contributed by atoms with E-state index in [1.54, 1.807) is 0 Å². The van der Waals surface area contributed by atoms with Crippen molar-refractivity contribution in [3.05, 3.63) is 35.2 Å². The van der Waals surface area contributed by atoms with Gasteiger partial charge in [0.15, 0.2) is 0 Å². The topological polar surface area (TPSA) is 51.0 Å². The van der Waals surface area contributed by atoms with Crippen LogP contribution in [-0.2, 0) is 6.42 Å². The molecule has 0 aliphatic carbocycles. The third-order valence-electron chi connectivity index (χ3n) is 3.07. The van der Waals surface area contributed by atoms with Crippen LogP contribution in [-0.4, -0.2) is 23.3 Å². The number of rotatable bonds is 6. The first-order valence-corrected chi connectivity index (χ1v) is 6.81. The zero-order valence-electron chi connectivity index (χ0n) is 11.9. The Balaban J connectivity index is 2.04. The monoisotopic (exact) mass is 259 g/mol. The highest BCUT2D eigenvalue weighted by Gasteiger charge is 2.10. The first-order chi connectivity index (χ1) is 9.20. The van der Waals surface area contributed by atoms with Gasteiger partial charge < -0.3 is 9.73 Å². The number of hydrogen-bond acceptors (Lipinski definition) is 4. The van der Waals surface area contributed by atoms with E-state index in [4.69, 9.17) is 4.42 Å². The van der Waals surface area contributed by atoms with Gasteiger partial charge >= 0.3 is 0 Å². The molecule has 0 saturated carbocycles. The van der Waals surface area contributed by atoms with Crippen LogP contribution in [0.4, 0.5) is 0 Å². The molecule has 0 amide bonds. The molecule has 0 aliphatic heterocycles. The third-order valence-corrected chi connectivity index (χ3v) is 3.07. The van der Waals surface area contributed by atoms with E-state index < -0.39 is 0 Å². The summed E-state index contributed by atoms with van der Waals surface area (Å²) >= 11 is 0. The van der Waals surface area contributed by atoms with Crippen LogP contribution in [0.2, 0.25) is 0 Å². The minimum Gasteiger partial charge on any atom is -0.421 e. The molecule has 1 aromatic heterocycles. The Morgan fingerprint density at radius 2 is 2.05 bits per heavy atom. The average molecular weight is 259 g/mol. The van der Waals surface area contributed by atoms with E-state index in [-0.39, 0.29) is 0 Å². The predicted octanol–water partition coefficient (Wildman–Crippen LogP) is 2.90. The summed E-state index contributed by atoms with van der Waals surface area (Å²) in [6.07, 6.45) is 1.84. The minimum absolute atomic E-state index is 0.621. The van der Waals surface area contributed by atoms with Gasteiger partial charge in [-0.05, 0) is 45.0 Å². The van der Waals surface area contributed by atoms with Crippen molar-refractivity contribution in [3.63, 3.8) is 0 Å². The standard InChI is InChI=1S/C15H21N3O/c1-4-16-9-5-6-14-17-18-15(19-14)13-8-7-11(2)10-12(13)3/h7-8,10,16H,4-6,9H2,1-3H3. The lowest BCUT2D eigenvalue weighted by Crippen LogP contribution is -2.14. The van der Waals surface area contributed by atoms with Crippen molar-refractivity contribution in [1.29, 1.82) is 0 Å². The van der Waals surface area contributed by atoms with Crippen molar-refractivity contribution < 1.29 is 4.42 Å². The second-order valence-electron chi connectivity index (χ2n) is 4.78. The molecule has 19 heavy (non-hydrogen) atoms. The second-order valence-corrected chi connectivity index (χ2v) is 4.78. The summed E-state index contributed by atoms with van der Waals surface area (Å²) in [4.78, 5) is 0. The van der Waals surface area contributed by atoms with Crippen LogP contribution >= 0.6 is 0 Å². The van der Waals surface area contributed by atoms with Gasteiger partial charge in [0.05, 0.1) is 0 Å². The van der Waals surface area contributed by atoms with E-state index in [0.717, 1.165) is 31.5 Å². The highest BCUT2D eigenvalue weighted by atomic mass is 16.4. The normalized spacial score (nSPS) is 10.9. The maximum Gasteiger partial charge on any atom is 0.247 e. The lowest BCUT2D eigenvalue weighted by atomic mass is 10.1. The van der Waals surface area contributed by atoms with Gasteiger partial charge in [0.1, 0.15) is 0 Å². The Morgan fingerprint density at radius 1 is 1.21 bits per heavy atom. The zero-order valence-corrected chi connectivity index (χ0v) is 11.9. The summed E-state index contributed by atoms with van der Waals surface area (Å²) in [6, 6.07) is 6.24. The van der Waals surface area contributed by atoms with Gasteiger partial charge in [-0.3, -0.25) is 0 Å². The van der Waals surface area contributed by atoms with Crippen molar-refractivity contribution in [2.24, 2.45) is 0 Å². The summed E-state index contributed by atoms with van der Waals surface area (Å²) in [6.45, 7) is 8.23. The van der Waals surface area contributed by atoms with E-state index >= 15 is 0 Å². The van der Waals surface area contributed by atoms with Gasteiger partial charge in [-0.2, -0.15) is 0 Å². The van der Waals surface area contributed by atoms with Crippen molar-refractivity contribution in [2.75, 3.05) is 13.1 Å². The Morgan fingerprint density at radius 3 is 2.79 bits per heavy atom. The molecule has 0 saturated heterocycles. The molecule has 1 aromatic carbocycles. The molecule has 102 valence electrons. The first-order valence-electron chi connectivity index (χ1n) is 6.81. The van der Waals surface area contributed by atoms with E-state index in [2.05, 4.69) is 48.4 Å². The summed E-state index contributed by atoms with van der Waals surface area (Å²) < 4.78 is 5.72. The quantitative estimate of drug-likeness (QED) is 0.810. The number of benzene rings is 1. The molecule has 0 fully saturated rings.